The van der Waals surface area contributed by atoms with E-state index in [0.29, 0.717) is 6.61 Å². The molecule has 1 radical (unpaired) electrons. The van der Waals surface area contributed by atoms with Gasteiger partial charge in [-0.15, -0.1) is 0 Å². The van der Waals surface area contributed by atoms with Crippen LogP contribution in [0, 0.1) is 0 Å². The molecular weight excluding hydrogens is 176 g/mol. The second kappa shape index (κ2) is 7.20. The fraction of sp³-hybridized carbons (Fsp3) is 0.714. The average Bonchev–Trinajstić information content (AvgIpc) is 2.12. The number of nitrogens with zero attached hydrogens (tertiary/aromatic N) is 1. The molecule has 0 aromatic heterocycles. The number of alkyl carbamates (subject to hydrolysis) is 1. The number of amides is 2. The van der Waals surface area contributed by atoms with Gasteiger partial charge in [-0.3, -0.25) is 0 Å². The third kappa shape index (κ3) is 6.92. The van der Waals surface area contributed by atoms with Crippen LogP contribution in [0.5, 0.6) is 0 Å². The van der Waals surface area contributed by atoms with Crippen molar-refractivity contribution < 1.29 is 19.1 Å². The predicted octanol–water partition coefficient (Wildman–Crippen LogP) is 0.103. The summed E-state index contributed by atoms with van der Waals surface area (Å²) in [6.45, 7) is 2.33. The molecular formula is C7H13N2O4. The van der Waals surface area contributed by atoms with Crippen molar-refractivity contribution in [2.45, 2.75) is 6.92 Å². The molecule has 0 aromatic rings. The molecule has 1 N–H and O–H groups in total. The van der Waals surface area contributed by atoms with Crippen LogP contribution in [0.3, 0.4) is 0 Å². The van der Waals surface area contributed by atoms with Crippen molar-refractivity contribution in [2.24, 2.45) is 0 Å². The SMILES string of the molecule is CCOC(=O)NCCOC(=O)[N]C. The molecule has 0 heterocycles. The lowest BCUT2D eigenvalue weighted by atomic mass is 10.7. The summed E-state index contributed by atoms with van der Waals surface area (Å²) in [7, 11) is 1.33. The van der Waals surface area contributed by atoms with E-state index in [1.807, 2.05) is 0 Å². The van der Waals surface area contributed by atoms with Crippen LogP contribution in [0.4, 0.5) is 9.59 Å². The minimum atomic E-state index is -0.648. The highest BCUT2D eigenvalue weighted by atomic mass is 16.6. The Morgan fingerprint density at radius 2 is 2.08 bits per heavy atom. The number of nitrogens with one attached hydrogen (secondary N) is 1. The number of hydrogen-bond donors (Lipinski definition) is 1. The van der Waals surface area contributed by atoms with Gasteiger partial charge in [-0.25, -0.2) is 14.9 Å². The highest BCUT2D eigenvalue weighted by Gasteiger charge is 2.01. The number of rotatable bonds is 4. The summed E-state index contributed by atoms with van der Waals surface area (Å²) in [6, 6.07) is 0. The van der Waals surface area contributed by atoms with Crippen molar-refractivity contribution >= 4 is 12.2 Å². The van der Waals surface area contributed by atoms with E-state index in [1.54, 1.807) is 6.92 Å². The number of ether oxygens (including phenoxy) is 2. The molecule has 75 valence electrons. The van der Waals surface area contributed by atoms with Crippen LogP contribution in [0.2, 0.25) is 0 Å². The molecule has 6 nitrogen and oxygen atoms in total. The van der Waals surface area contributed by atoms with Crippen molar-refractivity contribution in [1.82, 2.24) is 10.6 Å². The molecule has 0 saturated heterocycles. The average molecular weight is 189 g/mol. The molecule has 2 amide bonds. The Bertz CT molecular complexity index is 172. The van der Waals surface area contributed by atoms with Crippen LogP contribution in [0.1, 0.15) is 6.92 Å². The summed E-state index contributed by atoms with van der Waals surface area (Å²) in [5.41, 5.74) is 0. The Morgan fingerprint density at radius 3 is 2.62 bits per heavy atom. The fourth-order valence-electron chi connectivity index (χ4n) is 0.538. The standard InChI is InChI=1S/C7H13N2O4/c1-3-12-7(11)9-4-5-13-6(10)8-2/h3-5H2,1-2H3,(H,9,11). The first-order chi connectivity index (χ1) is 6.20. The van der Waals surface area contributed by atoms with Gasteiger partial charge in [-0.1, -0.05) is 0 Å². The maximum atomic E-state index is 10.7. The second-order valence-electron chi connectivity index (χ2n) is 1.99. The Hall–Kier alpha value is -1.46. The zero-order valence-electron chi connectivity index (χ0n) is 7.70. The Kier molecular flexibility index (Phi) is 6.39. The topological polar surface area (TPSA) is 78.7 Å². The summed E-state index contributed by atoms with van der Waals surface area (Å²) >= 11 is 0. The van der Waals surface area contributed by atoms with Crippen LogP contribution in [0.25, 0.3) is 0 Å². The van der Waals surface area contributed by atoms with Gasteiger partial charge < -0.3 is 14.8 Å². The summed E-state index contributed by atoms with van der Waals surface area (Å²) in [4.78, 5) is 21.1. The molecule has 0 atom stereocenters. The lowest BCUT2D eigenvalue weighted by molar-refractivity contribution is 0.135. The van der Waals surface area contributed by atoms with E-state index < -0.39 is 12.2 Å². The zero-order chi connectivity index (χ0) is 10.1. The maximum absolute atomic E-state index is 10.7. The summed E-state index contributed by atoms with van der Waals surface area (Å²) in [6.07, 6.45) is -1.17. The van der Waals surface area contributed by atoms with Gasteiger partial charge in [0.05, 0.1) is 13.2 Å². The molecule has 13 heavy (non-hydrogen) atoms. The van der Waals surface area contributed by atoms with Gasteiger partial charge in [0.1, 0.15) is 6.61 Å². The van der Waals surface area contributed by atoms with Gasteiger partial charge >= 0.3 is 12.2 Å². The van der Waals surface area contributed by atoms with Crippen LogP contribution >= 0.6 is 0 Å². The van der Waals surface area contributed by atoms with Crippen LogP contribution in [-0.4, -0.2) is 39.0 Å². The summed E-state index contributed by atoms with van der Waals surface area (Å²) < 4.78 is 9.11. The Labute approximate surface area is 76.6 Å². The quantitative estimate of drug-likeness (QED) is 0.636. The normalized spacial score (nSPS) is 8.77. The predicted molar refractivity (Wildman–Crippen MR) is 44.4 cm³/mol. The zero-order valence-corrected chi connectivity index (χ0v) is 7.70. The highest BCUT2D eigenvalue weighted by molar-refractivity contribution is 5.67. The largest absolute Gasteiger partial charge is 0.450 e. The maximum Gasteiger partial charge on any atom is 0.428 e. The molecule has 0 fully saturated rings. The van der Waals surface area contributed by atoms with Gasteiger partial charge in [-0.2, -0.15) is 0 Å². The van der Waals surface area contributed by atoms with Gasteiger partial charge in [-0.05, 0) is 6.92 Å². The second-order valence-corrected chi connectivity index (χ2v) is 1.99. The van der Waals surface area contributed by atoms with Gasteiger partial charge in [0.25, 0.3) is 0 Å². The molecule has 6 heteroatoms. The molecule has 0 aliphatic carbocycles. The van der Waals surface area contributed by atoms with E-state index in [4.69, 9.17) is 0 Å². The third-order valence-electron chi connectivity index (χ3n) is 1.05. The van der Waals surface area contributed by atoms with Crippen molar-refractivity contribution in [3.63, 3.8) is 0 Å². The lowest BCUT2D eigenvalue weighted by Gasteiger charge is -2.04. The van der Waals surface area contributed by atoms with Crippen molar-refractivity contribution in [1.29, 1.82) is 0 Å². The molecule has 0 rings (SSSR count). The highest BCUT2D eigenvalue weighted by Crippen LogP contribution is 1.78. The monoisotopic (exact) mass is 189 g/mol. The molecule has 0 aliphatic rings. The first kappa shape index (κ1) is 11.5. The Morgan fingerprint density at radius 1 is 1.38 bits per heavy atom. The Balaban J connectivity index is 3.25. The first-order valence-corrected chi connectivity index (χ1v) is 3.88. The minimum absolute atomic E-state index is 0.0922. The molecule has 0 unspecified atom stereocenters. The van der Waals surface area contributed by atoms with E-state index in [2.05, 4.69) is 20.1 Å². The minimum Gasteiger partial charge on any atom is -0.450 e. The molecule has 0 spiro atoms. The molecule has 0 saturated carbocycles. The number of carbonyl (C=O) groups excluding carboxylic acids is 2. The van der Waals surface area contributed by atoms with Crippen LogP contribution in [-0.2, 0) is 9.47 Å². The molecule has 0 aromatic carbocycles. The fourth-order valence-corrected chi connectivity index (χ4v) is 0.538. The third-order valence-corrected chi connectivity index (χ3v) is 1.05. The summed E-state index contributed by atoms with van der Waals surface area (Å²) in [5, 5.41) is 5.62. The molecule has 0 bridgehead atoms. The van der Waals surface area contributed by atoms with Gasteiger partial charge in [0, 0.05) is 7.05 Å². The first-order valence-electron chi connectivity index (χ1n) is 3.88. The van der Waals surface area contributed by atoms with Gasteiger partial charge in [0.2, 0.25) is 0 Å². The molecule has 0 aliphatic heterocycles. The van der Waals surface area contributed by atoms with E-state index in [0.717, 1.165) is 0 Å². The summed E-state index contributed by atoms with van der Waals surface area (Å²) in [5.74, 6) is 0. The van der Waals surface area contributed by atoms with E-state index >= 15 is 0 Å². The van der Waals surface area contributed by atoms with Gasteiger partial charge in [0.15, 0.2) is 0 Å². The van der Waals surface area contributed by atoms with E-state index in [1.165, 1.54) is 7.05 Å². The van der Waals surface area contributed by atoms with Crippen molar-refractivity contribution in [3.05, 3.63) is 0 Å². The van der Waals surface area contributed by atoms with Crippen LogP contribution < -0.4 is 10.6 Å². The van der Waals surface area contributed by atoms with E-state index in [9.17, 15) is 9.59 Å². The number of carbonyl (C=O) groups is 2. The van der Waals surface area contributed by atoms with E-state index in [-0.39, 0.29) is 13.2 Å². The smallest absolute Gasteiger partial charge is 0.428 e. The number of hydrogen-bond acceptors (Lipinski definition) is 4. The van der Waals surface area contributed by atoms with Crippen LogP contribution in [0.15, 0.2) is 0 Å². The van der Waals surface area contributed by atoms with Crippen molar-refractivity contribution in [2.75, 3.05) is 26.8 Å². The lowest BCUT2D eigenvalue weighted by Crippen LogP contribution is -2.29. The van der Waals surface area contributed by atoms with Crippen molar-refractivity contribution in [3.8, 4) is 0 Å².